The van der Waals surface area contributed by atoms with E-state index in [2.05, 4.69) is 47.2 Å². The number of hydrogen-bond donors (Lipinski definition) is 0. The predicted molar refractivity (Wildman–Crippen MR) is 85.8 cm³/mol. The molecule has 0 radical (unpaired) electrons. The highest BCUT2D eigenvalue weighted by molar-refractivity contribution is 5.82. The molecule has 0 N–H and O–H groups in total. The monoisotopic (exact) mass is 264 g/mol. The Kier molecular flexibility index (Phi) is 4.46. The molecule has 0 aliphatic carbocycles. The van der Waals surface area contributed by atoms with Gasteiger partial charge in [-0.05, 0) is 19.9 Å². The molecule has 0 bridgehead atoms. The van der Waals surface area contributed by atoms with Crippen LogP contribution in [0.1, 0.15) is 25.1 Å². The van der Waals surface area contributed by atoms with E-state index >= 15 is 0 Å². The van der Waals surface area contributed by atoms with Crippen molar-refractivity contribution in [3.05, 3.63) is 59.8 Å². The summed E-state index contributed by atoms with van der Waals surface area (Å²) in [7, 11) is 0. The highest BCUT2D eigenvalue weighted by Crippen LogP contribution is 2.21. The first-order valence-corrected chi connectivity index (χ1v) is 7.04. The van der Waals surface area contributed by atoms with E-state index in [4.69, 9.17) is 0 Å². The summed E-state index contributed by atoms with van der Waals surface area (Å²) in [5.41, 5.74) is 4.34. The van der Waals surface area contributed by atoms with Crippen molar-refractivity contribution in [1.82, 2.24) is 9.97 Å². The number of para-hydroxylation sites is 1. The molecule has 2 nitrogen and oxygen atoms in total. The molecule has 0 spiro atoms. The van der Waals surface area contributed by atoms with Crippen LogP contribution in [0.5, 0.6) is 0 Å². The summed E-state index contributed by atoms with van der Waals surface area (Å²) >= 11 is 0. The third kappa shape index (κ3) is 2.85. The lowest BCUT2D eigenvalue weighted by atomic mass is 10.1. The normalized spacial score (nSPS) is 10.0. The molecule has 3 aromatic rings. The van der Waals surface area contributed by atoms with Gasteiger partial charge in [0.25, 0.3) is 0 Å². The van der Waals surface area contributed by atoms with Crippen LogP contribution in [0.2, 0.25) is 0 Å². The Balaban J connectivity index is 0.000000704. The number of benzene rings is 2. The molecule has 0 amide bonds. The van der Waals surface area contributed by atoms with E-state index < -0.39 is 0 Å². The Hall–Kier alpha value is -2.22. The van der Waals surface area contributed by atoms with Crippen molar-refractivity contribution in [2.24, 2.45) is 0 Å². The summed E-state index contributed by atoms with van der Waals surface area (Å²) in [5.74, 6) is 0.797. The summed E-state index contributed by atoms with van der Waals surface area (Å²) in [6.45, 7) is 8.11. The van der Waals surface area contributed by atoms with Crippen LogP contribution < -0.4 is 0 Å². The molecule has 0 unspecified atom stereocenters. The Morgan fingerprint density at radius 1 is 0.750 bits per heavy atom. The number of aryl methyl sites for hydroxylation is 2. The van der Waals surface area contributed by atoms with Gasteiger partial charge in [-0.1, -0.05) is 61.9 Å². The number of aromatic nitrogens is 2. The maximum absolute atomic E-state index is 4.62. The smallest absolute Gasteiger partial charge is 0.160 e. The summed E-state index contributed by atoms with van der Waals surface area (Å²) in [4.78, 5) is 9.21. The Labute approximate surface area is 120 Å². The van der Waals surface area contributed by atoms with Gasteiger partial charge >= 0.3 is 0 Å². The summed E-state index contributed by atoms with van der Waals surface area (Å²) < 4.78 is 0. The first kappa shape index (κ1) is 14.2. The third-order valence-electron chi connectivity index (χ3n) is 3.10. The molecule has 1 heterocycles. The SMILES string of the molecule is CC.Cc1ccc(-c2nc(C)c3ccccc3n2)cc1. The molecule has 0 aliphatic rings. The molecule has 0 fully saturated rings. The minimum absolute atomic E-state index is 0.797. The van der Waals surface area contributed by atoms with Gasteiger partial charge in [0.2, 0.25) is 0 Å². The van der Waals surface area contributed by atoms with Crippen molar-refractivity contribution in [3.8, 4) is 11.4 Å². The molecule has 102 valence electrons. The number of nitrogens with zero attached hydrogens (tertiary/aromatic N) is 2. The molecular formula is C18H20N2. The highest BCUT2D eigenvalue weighted by Gasteiger charge is 2.05. The average molecular weight is 264 g/mol. The Bertz CT molecular complexity index is 700. The fourth-order valence-corrected chi connectivity index (χ4v) is 2.07. The molecule has 0 saturated carbocycles. The molecule has 20 heavy (non-hydrogen) atoms. The average Bonchev–Trinajstić information content (AvgIpc) is 2.50. The Morgan fingerprint density at radius 3 is 2.10 bits per heavy atom. The lowest BCUT2D eigenvalue weighted by Crippen LogP contribution is -1.94. The van der Waals surface area contributed by atoms with Gasteiger partial charge in [-0.15, -0.1) is 0 Å². The first-order valence-electron chi connectivity index (χ1n) is 7.04. The second-order valence-electron chi connectivity index (χ2n) is 4.52. The zero-order valence-electron chi connectivity index (χ0n) is 12.5. The second-order valence-corrected chi connectivity index (χ2v) is 4.52. The van der Waals surface area contributed by atoms with Crippen molar-refractivity contribution >= 4 is 10.9 Å². The van der Waals surface area contributed by atoms with E-state index in [9.17, 15) is 0 Å². The van der Waals surface area contributed by atoms with E-state index in [1.54, 1.807) is 0 Å². The van der Waals surface area contributed by atoms with E-state index in [1.807, 2.05) is 39.0 Å². The van der Waals surface area contributed by atoms with Crippen LogP contribution >= 0.6 is 0 Å². The topological polar surface area (TPSA) is 25.8 Å². The quantitative estimate of drug-likeness (QED) is 0.622. The van der Waals surface area contributed by atoms with E-state index in [-0.39, 0.29) is 0 Å². The van der Waals surface area contributed by atoms with Crippen LogP contribution in [0, 0.1) is 13.8 Å². The largest absolute Gasteiger partial charge is 0.233 e. The van der Waals surface area contributed by atoms with Gasteiger partial charge < -0.3 is 0 Å². The Morgan fingerprint density at radius 2 is 1.40 bits per heavy atom. The van der Waals surface area contributed by atoms with Gasteiger partial charge in [-0.25, -0.2) is 9.97 Å². The van der Waals surface area contributed by atoms with Crippen LogP contribution in [0.3, 0.4) is 0 Å². The second kappa shape index (κ2) is 6.29. The fraction of sp³-hybridized carbons (Fsp3) is 0.222. The van der Waals surface area contributed by atoms with E-state index in [0.717, 1.165) is 28.0 Å². The molecule has 0 saturated heterocycles. The van der Waals surface area contributed by atoms with Crippen LogP contribution in [-0.4, -0.2) is 9.97 Å². The van der Waals surface area contributed by atoms with Crippen molar-refractivity contribution in [1.29, 1.82) is 0 Å². The predicted octanol–water partition coefficient (Wildman–Crippen LogP) is 4.94. The lowest BCUT2D eigenvalue weighted by molar-refractivity contribution is 1.16. The first-order chi connectivity index (χ1) is 9.74. The number of fused-ring (bicyclic) bond motifs is 1. The van der Waals surface area contributed by atoms with Gasteiger partial charge in [0.05, 0.1) is 5.52 Å². The zero-order chi connectivity index (χ0) is 14.5. The molecule has 2 heteroatoms. The molecule has 0 atom stereocenters. The lowest BCUT2D eigenvalue weighted by Gasteiger charge is -2.05. The van der Waals surface area contributed by atoms with Crippen molar-refractivity contribution in [2.75, 3.05) is 0 Å². The fourth-order valence-electron chi connectivity index (χ4n) is 2.07. The van der Waals surface area contributed by atoms with Crippen molar-refractivity contribution < 1.29 is 0 Å². The van der Waals surface area contributed by atoms with Gasteiger partial charge in [-0.2, -0.15) is 0 Å². The standard InChI is InChI=1S/C16H14N2.C2H6/c1-11-7-9-13(10-8-11)16-17-12(2)14-5-3-4-6-15(14)18-16;1-2/h3-10H,1-2H3;1-2H3. The minimum Gasteiger partial charge on any atom is -0.233 e. The van der Waals surface area contributed by atoms with Gasteiger partial charge in [0, 0.05) is 16.6 Å². The number of hydrogen-bond acceptors (Lipinski definition) is 2. The maximum atomic E-state index is 4.62. The molecular weight excluding hydrogens is 244 g/mol. The minimum atomic E-state index is 0.797. The summed E-state index contributed by atoms with van der Waals surface area (Å²) in [6.07, 6.45) is 0. The van der Waals surface area contributed by atoms with Gasteiger partial charge in [0.1, 0.15) is 0 Å². The third-order valence-corrected chi connectivity index (χ3v) is 3.10. The zero-order valence-corrected chi connectivity index (χ0v) is 12.5. The van der Waals surface area contributed by atoms with E-state index in [0.29, 0.717) is 0 Å². The van der Waals surface area contributed by atoms with Crippen molar-refractivity contribution in [3.63, 3.8) is 0 Å². The highest BCUT2D eigenvalue weighted by atomic mass is 14.9. The maximum Gasteiger partial charge on any atom is 0.160 e. The summed E-state index contributed by atoms with van der Waals surface area (Å²) in [6, 6.07) is 16.4. The molecule has 1 aromatic heterocycles. The van der Waals surface area contributed by atoms with E-state index in [1.165, 1.54) is 5.56 Å². The van der Waals surface area contributed by atoms with Gasteiger partial charge in [0.15, 0.2) is 5.82 Å². The van der Waals surface area contributed by atoms with Crippen LogP contribution in [0.15, 0.2) is 48.5 Å². The molecule has 0 aliphatic heterocycles. The molecule has 2 aromatic carbocycles. The van der Waals surface area contributed by atoms with Crippen LogP contribution in [0.25, 0.3) is 22.3 Å². The van der Waals surface area contributed by atoms with Crippen molar-refractivity contribution in [2.45, 2.75) is 27.7 Å². The van der Waals surface area contributed by atoms with Gasteiger partial charge in [-0.3, -0.25) is 0 Å². The number of rotatable bonds is 1. The van der Waals surface area contributed by atoms with Crippen LogP contribution in [0.4, 0.5) is 0 Å². The van der Waals surface area contributed by atoms with Crippen LogP contribution in [-0.2, 0) is 0 Å². The molecule has 3 rings (SSSR count). The summed E-state index contributed by atoms with van der Waals surface area (Å²) in [5, 5.41) is 1.12.